The van der Waals surface area contributed by atoms with Crippen molar-refractivity contribution in [2.45, 2.75) is 26.3 Å². The lowest BCUT2D eigenvalue weighted by atomic mass is 10.3. The fraction of sp³-hybridized carbons (Fsp3) is 0.286. The minimum absolute atomic E-state index is 0.0871. The first-order chi connectivity index (χ1) is 10.6. The molecule has 1 N–H and O–H groups in total. The van der Waals surface area contributed by atoms with Crippen LogP contribution in [0.3, 0.4) is 0 Å². The molecule has 0 unspecified atom stereocenters. The first-order valence-electron chi connectivity index (χ1n) is 6.69. The highest BCUT2D eigenvalue weighted by atomic mass is 32.1. The van der Waals surface area contributed by atoms with Crippen molar-refractivity contribution in [1.29, 1.82) is 0 Å². The molecule has 22 heavy (non-hydrogen) atoms. The number of hydrogen-bond donors (Lipinski definition) is 1. The Balaban J connectivity index is 1.90. The topological polar surface area (TPSA) is 85.1 Å². The lowest BCUT2D eigenvalue weighted by molar-refractivity contribution is -0.136. The van der Waals surface area contributed by atoms with Gasteiger partial charge >= 0.3 is 5.97 Å². The van der Waals surface area contributed by atoms with Gasteiger partial charge < -0.3 is 5.11 Å². The van der Waals surface area contributed by atoms with E-state index in [1.54, 1.807) is 5.38 Å². The summed E-state index contributed by atoms with van der Waals surface area (Å²) in [6.45, 7) is 2.35. The number of rotatable bonds is 5. The van der Waals surface area contributed by atoms with Crippen LogP contribution in [0.25, 0.3) is 10.2 Å². The van der Waals surface area contributed by atoms with Gasteiger partial charge in [-0.3, -0.25) is 14.2 Å². The van der Waals surface area contributed by atoms with E-state index < -0.39 is 5.97 Å². The summed E-state index contributed by atoms with van der Waals surface area (Å²) in [4.78, 5) is 33.6. The SMILES string of the molecule is CCc1cc2c(=O)n(Cc3nc(CC(=O)O)cs3)cnc2s1. The fourth-order valence-electron chi connectivity index (χ4n) is 2.10. The third-order valence-corrected chi connectivity index (χ3v) is 5.22. The van der Waals surface area contributed by atoms with Crippen LogP contribution in [-0.4, -0.2) is 25.6 Å². The average molecular weight is 335 g/mol. The fourth-order valence-corrected chi connectivity index (χ4v) is 3.82. The normalized spacial score (nSPS) is 11.1. The predicted octanol–water partition coefficient (Wildman–Crippen LogP) is 2.15. The monoisotopic (exact) mass is 335 g/mol. The molecule has 3 aromatic rings. The van der Waals surface area contributed by atoms with Crippen molar-refractivity contribution >= 4 is 38.9 Å². The molecule has 114 valence electrons. The Morgan fingerprint density at radius 3 is 3.00 bits per heavy atom. The van der Waals surface area contributed by atoms with Gasteiger partial charge in [0.25, 0.3) is 5.56 Å². The molecule has 0 aliphatic heterocycles. The number of thiophene rings is 1. The highest BCUT2D eigenvalue weighted by molar-refractivity contribution is 7.18. The standard InChI is InChI=1S/C14H13N3O3S2/c1-2-9-4-10-13(22-9)15-7-17(14(10)20)5-11-16-8(6-21-11)3-12(18)19/h4,6-7H,2-3,5H2,1H3,(H,18,19). The first-order valence-corrected chi connectivity index (χ1v) is 8.39. The molecule has 3 aromatic heterocycles. The molecule has 8 heteroatoms. The van der Waals surface area contributed by atoms with E-state index in [9.17, 15) is 9.59 Å². The number of carboxylic acids is 1. The predicted molar refractivity (Wildman–Crippen MR) is 85.8 cm³/mol. The van der Waals surface area contributed by atoms with Crippen LogP contribution in [0.4, 0.5) is 0 Å². The highest BCUT2D eigenvalue weighted by Crippen LogP contribution is 2.21. The van der Waals surface area contributed by atoms with Crippen molar-refractivity contribution in [2.75, 3.05) is 0 Å². The molecule has 0 saturated heterocycles. The smallest absolute Gasteiger partial charge is 0.309 e. The molecule has 0 spiro atoms. The van der Waals surface area contributed by atoms with E-state index in [-0.39, 0.29) is 12.0 Å². The average Bonchev–Trinajstić information content (AvgIpc) is 3.08. The Hall–Kier alpha value is -2.06. The van der Waals surface area contributed by atoms with Gasteiger partial charge in [-0.25, -0.2) is 9.97 Å². The van der Waals surface area contributed by atoms with Gasteiger partial charge in [0.15, 0.2) is 0 Å². The van der Waals surface area contributed by atoms with Crippen LogP contribution >= 0.6 is 22.7 Å². The molecule has 3 heterocycles. The summed E-state index contributed by atoms with van der Waals surface area (Å²) < 4.78 is 1.51. The van der Waals surface area contributed by atoms with E-state index in [4.69, 9.17) is 5.11 Å². The lowest BCUT2D eigenvalue weighted by Gasteiger charge is -2.01. The molecule has 0 bridgehead atoms. The molecule has 0 atom stereocenters. The van der Waals surface area contributed by atoms with Crippen LogP contribution < -0.4 is 5.56 Å². The molecule has 0 fully saturated rings. The molecule has 0 aromatic carbocycles. The zero-order valence-corrected chi connectivity index (χ0v) is 13.4. The van der Waals surface area contributed by atoms with Crippen LogP contribution in [0.15, 0.2) is 22.6 Å². The molecule has 0 saturated carbocycles. The van der Waals surface area contributed by atoms with Crippen LogP contribution in [0.5, 0.6) is 0 Å². The Morgan fingerprint density at radius 1 is 1.45 bits per heavy atom. The number of aromatic nitrogens is 3. The molecular weight excluding hydrogens is 322 g/mol. The third kappa shape index (κ3) is 2.93. The van der Waals surface area contributed by atoms with E-state index in [0.29, 0.717) is 22.6 Å². The van der Waals surface area contributed by atoms with Gasteiger partial charge in [-0.1, -0.05) is 6.92 Å². The maximum absolute atomic E-state index is 12.5. The molecule has 0 radical (unpaired) electrons. The van der Waals surface area contributed by atoms with Crippen LogP contribution in [0.2, 0.25) is 0 Å². The van der Waals surface area contributed by atoms with Gasteiger partial charge in [-0.05, 0) is 12.5 Å². The number of hydrogen-bond acceptors (Lipinski definition) is 6. The van der Waals surface area contributed by atoms with Crippen molar-refractivity contribution in [3.8, 4) is 0 Å². The Kier molecular flexibility index (Phi) is 4.04. The summed E-state index contributed by atoms with van der Waals surface area (Å²) in [5.41, 5.74) is 0.425. The van der Waals surface area contributed by atoms with Crippen molar-refractivity contribution in [1.82, 2.24) is 14.5 Å². The number of thiazole rings is 1. The third-order valence-electron chi connectivity index (χ3n) is 3.15. The van der Waals surface area contributed by atoms with Gasteiger partial charge in [0, 0.05) is 10.3 Å². The van der Waals surface area contributed by atoms with Gasteiger partial charge in [-0.15, -0.1) is 22.7 Å². The van der Waals surface area contributed by atoms with E-state index in [1.807, 2.05) is 13.0 Å². The zero-order chi connectivity index (χ0) is 15.7. The second kappa shape index (κ2) is 5.98. The Bertz CT molecular complexity index is 894. The van der Waals surface area contributed by atoms with E-state index in [1.165, 1.54) is 33.6 Å². The maximum atomic E-state index is 12.5. The quantitative estimate of drug-likeness (QED) is 0.772. The number of nitrogens with zero attached hydrogens (tertiary/aromatic N) is 3. The lowest BCUT2D eigenvalue weighted by Crippen LogP contribution is -2.20. The summed E-state index contributed by atoms with van der Waals surface area (Å²) in [6.07, 6.45) is 2.30. The number of fused-ring (bicyclic) bond motifs is 1. The summed E-state index contributed by atoms with van der Waals surface area (Å²) >= 11 is 2.89. The van der Waals surface area contributed by atoms with E-state index >= 15 is 0 Å². The summed E-state index contributed by atoms with van der Waals surface area (Å²) in [6, 6.07) is 1.89. The van der Waals surface area contributed by atoms with Crippen LogP contribution in [-0.2, 0) is 24.2 Å². The summed E-state index contributed by atoms with van der Waals surface area (Å²) in [5, 5.41) is 11.8. The summed E-state index contributed by atoms with van der Waals surface area (Å²) in [5.74, 6) is -0.914. The van der Waals surface area contributed by atoms with Gasteiger partial charge in [0.05, 0.1) is 30.4 Å². The molecule has 0 amide bonds. The largest absolute Gasteiger partial charge is 0.481 e. The second-order valence-electron chi connectivity index (χ2n) is 4.77. The van der Waals surface area contributed by atoms with Crippen molar-refractivity contribution in [3.05, 3.63) is 43.7 Å². The highest BCUT2D eigenvalue weighted by Gasteiger charge is 2.11. The van der Waals surface area contributed by atoms with Crippen LogP contribution in [0, 0.1) is 0 Å². The van der Waals surface area contributed by atoms with Gasteiger partial charge in [0.2, 0.25) is 0 Å². The minimum atomic E-state index is -0.914. The van der Waals surface area contributed by atoms with Crippen LogP contribution in [0.1, 0.15) is 22.5 Å². The first kappa shape index (κ1) is 14.9. The zero-order valence-electron chi connectivity index (χ0n) is 11.8. The van der Waals surface area contributed by atoms with Gasteiger partial charge in [-0.2, -0.15) is 0 Å². The van der Waals surface area contributed by atoms with E-state index in [2.05, 4.69) is 9.97 Å². The molecule has 0 aliphatic rings. The Labute approximate surface area is 133 Å². The minimum Gasteiger partial charge on any atom is -0.481 e. The molecular formula is C14H13N3O3S2. The Morgan fingerprint density at radius 2 is 2.27 bits per heavy atom. The molecule has 0 aliphatic carbocycles. The number of carboxylic acid groups (broad SMARTS) is 1. The van der Waals surface area contributed by atoms with Crippen molar-refractivity contribution in [3.63, 3.8) is 0 Å². The summed E-state index contributed by atoms with van der Waals surface area (Å²) in [7, 11) is 0. The molecule has 6 nitrogen and oxygen atoms in total. The number of aliphatic carboxylic acids is 1. The van der Waals surface area contributed by atoms with Crippen molar-refractivity contribution in [2.24, 2.45) is 0 Å². The van der Waals surface area contributed by atoms with Gasteiger partial charge in [0.1, 0.15) is 9.84 Å². The van der Waals surface area contributed by atoms with E-state index in [0.717, 1.165) is 16.1 Å². The maximum Gasteiger partial charge on any atom is 0.309 e. The second-order valence-corrected chi connectivity index (χ2v) is 6.82. The van der Waals surface area contributed by atoms with Crippen molar-refractivity contribution < 1.29 is 9.90 Å². The number of aryl methyl sites for hydroxylation is 1. The molecule has 3 rings (SSSR count). The number of carbonyl (C=O) groups is 1.